The molecule has 10 nitrogen and oxygen atoms in total. The molecule has 1 aromatic carbocycles. The van der Waals surface area contributed by atoms with Crippen LogP contribution in [0.4, 0.5) is 5.82 Å². The third kappa shape index (κ3) is 7.24. The summed E-state index contributed by atoms with van der Waals surface area (Å²) in [5.41, 5.74) is 8.71. The minimum absolute atomic E-state index is 0.141. The maximum atomic E-state index is 13.3. The van der Waals surface area contributed by atoms with E-state index >= 15 is 0 Å². The summed E-state index contributed by atoms with van der Waals surface area (Å²) in [6.07, 6.45) is 1.74. The van der Waals surface area contributed by atoms with Gasteiger partial charge in [-0.15, -0.1) is 11.8 Å². The fraction of sp³-hybridized carbons (Fsp3) is 0.435. The fourth-order valence-corrected chi connectivity index (χ4v) is 7.54. The number of amides is 1. The molecule has 1 aromatic heterocycles. The van der Waals surface area contributed by atoms with Crippen LogP contribution >= 0.6 is 31.3 Å². The summed E-state index contributed by atoms with van der Waals surface area (Å²) in [4.78, 5) is 40.1. The minimum Gasteiger partial charge on any atom is -0.497 e. The second kappa shape index (κ2) is 12.4. The SMILES string of the molecule is COc1cccc(C2(/C(CCOP(=O)(O)O)=C(/C)C(=O)NCc3cnc(C)nc3N)CSCCS2)c1. The van der Waals surface area contributed by atoms with Crippen molar-refractivity contribution in [2.75, 3.05) is 36.7 Å². The normalized spacial score (nSPS) is 18.9. The number of phosphoric acid groups is 1. The van der Waals surface area contributed by atoms with Gasteiger partial charge in [0.05, 0.1) is 18.5 Å². The molecule has 196 valence electrons. The molecule has 0 aliphatic carbocycles. The molecule has 36 heavy (non-hydrogen) atoms. The third-order valence-corrected chi connectivity index (χ3v) is 9.39. The van der Waals surface area contributed by atoms with Gasteiger partial charge in [-0.3, -0.25) is 9.32 Å². The number of benzene rings is 1. The van der Waals surface area contributed by atoms with Crippen molar-refractivity contribution in [2.24, 2.45) is 0 Å². The first-order valence-electron chi connectivity index (χ1n) is 11.2. The van der Waals surface area contributed by atoms with E-state index in [1.54, 1.807) is 50.7 Å². The number of phosphoric ester groups is 1. The van der Waals surface area contributed by atoms with Crippen molar-refractivity contribution in [3.63, 3.8) is 0 Å². The van der Waals surface area contributed by atoms with Crippen LogP contribution in [0.1, 0.15) is 30.3 Å². The second-order valence-electron chi connectivity index (χ2n) is 8.15. The summed E-state index contributed by atoms with van der Waals surface area (Å²) in [5, 5.41) is 2.88. The number of nitrogens with two attached hydrogens (primary N) is 1. The van der Waals surface area contributed by atoms with Gasteiger partial charge < -0.3 is 25.6 Å². The van der Waals surface area contributed by atoms with E-state index in [2.05, 4.69) is 15.3 Å². The highest BCUT2D eigenvalue weighted by atomic mass is 32.2. The Morgan fingerprint density at radius 1 is 1.33 bits per heavy atom. The molecule has 5 N–H and O–H groups in total. The predicted octanol–water partition coefficient (Wildman–Crippen LogP) is 3.18. The molecule has 3 rings (SSSR count). The van der Waals surface area contributed by atoms with E-state index in [0.717, 1.165) is 22.6 Å². The van der Waals surface area contributed by atoms with Crippen molar-refractivity contribution < 1.29 is 28.4 Å². The molecule has 1 amide bonds. The first kappa shape index (κ1) is 28.5. The summed E-state index contributed by atoms with van der Waals surface area (Å²) < 4.78 is 21.0. The van der Waals surface area contributed by atoms with Gasteiger partial charge in [-0.05, 0) is 43.5 Å². The van der Waals surface area contributed by atoms with Crippen LogP contribution in [0.25, 0.3) is 0 Å². The smallest absolute Gasteiger partial charge is 0.469 e. The zero-order valence-electron chi connectivity index (χ0n) is 20.4. The lowest BCUT2D eigenvalue weighted by Crippen LogP contribution is -2.36. The topological polar surface area (TPSA) is 157 Å². The monoisotopic (exact) mass is 554 g/mol. The lowest BCUT2D eigenvalue weighted by Gasteiger charge is -2.40. The zero-order valence-corrected chi connectivity index (χ0v) is 22.9. The van der Waals surface area contributed by atoms with Gasteiger partial charge in [-0.2, -0.15) is 11.8 Å². The van der Waals surface area contributed by atoms with Crippen molar-refractivity contribution in [1.82, 2.24) is 15.3 Å². The summed E-state index contributed by atoms with van der Waals surface area (Å²) >= 11 is 3.47. The number of methoxy groups -OCH3 is 1. The predicted molar refractivity (Wildman–Crippen MR) is 143 cm³/mol. The first-order valence-corrected chi connectivity index (χ1v) is 14.9. The van der Waals surface area contributed by atoms with Crippen molar-refractivity contribution in [1.29, 1.82) is 0 Å². The molecule has 1 fully saturated rings. The molecule has 0 radical (unpaired) electrons. The number of carbonyl (C=O) groups excluding carboxylic acids is 1. The van der Waals surface area contributed by atoms with Crippen LogP contribution in [-0.2, 0) is 25.2 Å². The van der Waals surface area contributed by atoms with E-state index in [0.29, 0.717) is 34.3 Å². The molecular weight excluding hydrogens is 523 g/mol. The van der Waals surface area contributed by atoms with E-state index in [9.17, 15) is 19.1 Å². The van der Waals surface area contributed by atoms with E-state index in [1.165, 1.54) is 0 Å². The van der Waals surface area contributed by atoms with E-state index in [1.807, 2.05) is 24.3 Å². The molecule has 1 saturated heterocycles. The van der Waals surface area contributed by atoms with Crippen LogP contribution in [0.3, 0.4) is 0 Å². The Labute approximate surface area is 219 Å². The number of rotatable bonds is 10. The number of hydrogen-bond acceptors (Lipinski definition) is 9. The highest BCUT2D eigenvalue weighted by molar-refractivity contribution is 8.07. The second-order valence-corrected chi connectivity index (χ2v) is 11.9. The summed E-state index contributed by atoms with van der Waals surface area (Å²) in [6.45, 7) is 3.36. The van der Waals surface area contributed by atoms with Crippen molar-refractivity contribution in [2.45, 2.75) is 31.6 Å². The van der Waals surface area contributed by atoms with Crippen molar-refractivity contribution in [3.8, 4) is 5.75 Å². The third-order valence-electron chi connectivity index (χ3n) is 5.77. The zero-order chi connectivity index (χ0) is 26.3. The van der Waals surface area contributed by atoms with Gasteiger partial charge in [0.1, 0.15) is 17.4 Å². The number of nitrogens with one attached hydrogen (secondary N) is 1. The average Bonchev–Trinajstić information content (AvgIpc) is 2.85. The molecule has 13 heteroatoms. The minimum atomic E-state index is -4.67. The number of aryl methyl sites for hydroxylation is 1. The van der Waals surface area contributed by atoms with Gasteiger partial charge in [0.25, 0.3) is 0 Å². The number of aromatic nitrogens is 2. The summed E-state index contributed by atoms with van der Waals surface area (Å²) in [7, 11) is -3.07. The quantitative estimate of drug-likeness (QED) is 0.253. The largest absolute Gasteiger partial charge is 0.497 e. The Hall–Kier alpha value is -2.08. The Bertz CT molecular complexity index is 1170. The van der Waals surface area contributed by atoms with Crippen molar-refractivity contribution in [3.05, 3.63) is 58.6 Å². The van der Waals surface area contributed by atoms with Gasteiger partial charge in [0.15, 0.2) is 0 Å². The molecule has 2 heterocycles. The number of ether oxygens (including phenoxy) is 1. The van der Waals surface area contributed by atoms with Crippen LogP contribution in [0.2, 0.25) is 0 Å². The number of nitrogens with zero attached hydrogens (tertiary/aromatic N) is 2. The maximum absolute atomic E-state index is 13.3. The first-order chi connectivity index (χ1) is 17.1. The van der Waals surface area contributed by atoms with Crippen molar-refractivity contribution >= 4 is 43.1 Å². The van der Waals surface area contributed by atoms with E-state index in [-0.39, 0.29) is 25.5 Å². The Morgan fingerprint density at radius 3 is 2.75 bits per heavy atom. The number of nitrogen functional groups attached to an aromatic ring is 1. The molecule has 1 aliphatic heterocycles. The molecule has 1 atom stereocenters. The van der Waals surface area contributed by atoms with Crippen LogP contribution < -0.4 is 15.8 Å². The molecule has 1 aliphatic rings. The highest BCUT2D eigenvalue weighted by Crippen LogP contribution is 2.51. The lowest BCUT2D eigenvalue weighted by atomic mass is 9.86. The average molecular weight is 555 g/mol. The summed E-state index contributed by atoms with van der Waals surface area (Å²) in [6, 6.07) is 7.68. The van der Waals surface area contributed by atoms with Crippen LogP contribution in [0.15, 0.2) is 41.6 Å². The van der Waals surface area contributed by atoms with Crippen LogP contribution in [0.5, 0.6) is 5.75 Å². The number of hydrogen-bond donors (Lipinski definition) is 4. The molecule has 0 saturated carbocycles. The Balaban J connectivity index is 2.00. The lowest BCUT2D eigenvalue weighted by molar-refractivity contribution is -0.117. The molecule has 0 spiro atoms. The number of thioether (sulfide) groups is 2. The highest BCUT2D eigenvalue weighted by Gasteiger charge is 2.41. The standard InChI is InChI=1S/C23H31N4O6PS2/c1-15(22(28)26-13-17-12-25-16(2)27-21(17)24)20(7-8-33-34(29,30)31)23(14-35-9-10-36-23)18-5-4-6-19(11-18)32-3/h4-6,11-12H,7-10,13-14H2,1-3H3,(H,26,28)(H2,24,25,27)(H2,29,30,31)/b20-15-. The van der Waals surface area contributed by atoms with Crippen LogP contribution in [-0.4, -0.2) is 56.6 Å². The maximum Gasteiger partial charge on any atom is 0.469 e. The molecule has 1 unspecified atom stereocenters. The molecule has 0 bridgehead atoms. The van der Waals surface area contributed by atoms with Gasteiger partial charge in [0, 0.05) is 41.1 Å². The summed E-state index contributed by atoms with van der Waals surface area (Å²) in [5.74, 6) is 3.69. The van der Waals surface area contributed by atoms with Gasteiger partial charge >= 0.3 is 7.82 Å². The Morgan fingerprint density at radius 2 is 2.11 bits per heavy atom. The van der Waals surface area contributed by atoms with Gasteiger partial charge in [-0.25, -0.2) is 14.5 Å². The molecule has 2 aromatic rings. The van der Waals surface area contributed by atoms with Gasteiger partial charge in [0.2, 0.25) is 5.91 Å². The fourth-order valence-electron chi connectivity index (χ4n) is 3.97. The van der Waals surface area contributed by atoms with Gasteiger partial charge in [-0.1, -0.05) is 12.1 Å². The Kier molecular flexibility index (Phi) is 9.85. The molecular formula is C23H31N4O6PS2. The number of carbonyl (C=O) groups is 1. The van der Waals surface area contributed by atoms with E-state index in [4.69, 9.17) is 15.0 Å². The van der Waals surface area contributed by atoms with E-state index < -0.39 is 12.6 Å². The van der Waals surface area contributed by atoms with Crippen LogP contribution in [0, 0.1) is 6.92 Å². The number of anilines is 1.